The Morgan fingerprint density at radius 2 is 2.22 bits per heavy atom. The van der Waals surface area contributed by atoms with Crippen LogP contribution in [0.3, 0.4) is 0 Å². The number of pyridine rings is 1. The number of rotatable bonds is 6. The first-order valence-electron chi connectivity index (χ1n) is 6.06. The Bertz CT molecular complexity index is 392. The molecule has 0 unspecified atom stereocenters. The summed E-state index contributed by atoms with van der Waals surface area (Å²) < 4.78 is 5.58. The molecule has 0 aromatic carbocycles. The van der Waals surface area contributed by atoms with E-state index in [2.05, 4.69) is 10.3 Å². The first kappa shape index (κ1) is 14.3. The number of hydrogen-bond acceptors (Lipinski definition) is 4. The molecule has 5 heteroatoms. The second kappa shape index (κ2) is 6.83. The fourth-order valence-corrected chi connectivity index (χ4v) is 1.37. The summed E-state index contributed by atoms with van der Waals surface area (Å²) in [6.45, 7) is 4.47. The van der Waals surface area contributed by atoms with E-state index < -0.39 is 0 Å². The number of carbonyl (C=O) groups excluding carboxylic acids is 1. The van der Waals surface area contributed by atoms with Gasteiger partial charge in [-0.3, -0.25) is 4.79 Å². The number of hydrogen-bond donors (Lipinski definition) is 1. The van der Waals surface area contributed by atoms with E-state index in [0.29, 0.717) is 18.8 Å². The van der Waals surface area contributed by atoms with E-state index in [9.17, 15) is 4.79 Å². The fraction of sp³-hybridized carbons (Fsp3) is 0.538. The monoisotopic (exact) mass is 251 g/mol. The van der Waals surface area contributed by atoms with Crippen molar-refractivity contribution in [2.24, 2.45) is 0 Å². The summed E-state index contributed by atoms with van der Waals surface area (Å²) in [7, 11) is 3.50. The fourth-order valence-electron chi connectivity index (χ4n) is 1.37. The van der Waals surface area contributed by atoms with Gasteiger partial charge in [-0.05, 0) is 26.0 Å². The number of ether oxygens (including phenoxy) is 1. The van der Waals surface area contributed by atoms with Gasteiger partial charge in [0.2, 0.25) is 11.8 Å². The second-order valence-electron chi connectivity index (χ2n) is 4.49. The number of amides is 1. The van der Waals surface area contributed by atoms with Crippen molar-refractivity contribution in [1.29, 1.82) is 0 Å². The van der Waals surface area contributed by atoms with Crippen molar-refractivity contribution in [2.45, 2.75) is 26.4 Å². The van der Waals surface area contributed by atoms with Crippen LogP contribution in [0.4, 0.5) is 5.69 Å². The molecular formula is C13H21N3O2. The Morgan fingerprint density at radius 1 is 1.50 bits per heavy atom. The lowest BCUT2D eigenvalue weighted by molar-refractivity contribution is -0.128. The molecule has 18 heavy (non-hydrogen) atoms. The zero-order valence-corrected chi connectivity index (χ0v) is 11.4. The highest BCUT2D eigenvalue weighted by molar-refractivity contribution is 5.76. The maximum absolute atomic E-state index is 11.4. The Morgan fingerprint density at radius 3 is 2.83 bits per heavy atom. The number of nitrogens with one attached hydrogen (secondary N) is 1. The molecule has 0 atom stereocenters. The maximum atomic E-state index is 11.4. The predicted molar refractivity (Wildman–Crippen MR) is 71.8 cm³/mol. The Kier molecular flexibility index (Phi) is 5.42. The molecule has 1 aromatic rings. The minimum atomic E-state index is 0.0730. The molecule has 0 spiro atoms. The highest BCUT2D eigenvalue weighted by atomic mass is 16.5. The van der Waals surface area contributed by atoms with Crippen LogP contribution in [0.25, 0.3) is 0 Å². The summed E-state index contributed by atoms with van der Waals surface area (Å²) in [5, 5.41) is 3.17. The van der Waals surface area contributed by atoms with Crippen LogP contribution in [0.15, 0.2) is 18.3 Å². The van der Waals surface area contributed by atoms with Gasteiger partial charge in [-0.1, -0.05) is 0 Å². The van der Waals surface area contributed by atoms with Crippen LogP contribution in [-0.2, 0) is 4.79 Å². The van der Waals surface area contributed by atoms with Gasteiger partial charge in [-0.15, -0.1) is 0 Å². The van der Waals surface area contributed by atoms with Gasteiger partial charge in [0.1, 0.15) is 0 Å². The topological polar surface area (TPSA) is 54.5 Å². The molecule has 0 radical (unpaired) electrons. The quantitative estimate of drug-likeness (QED) is 0.837. The minimum absolute atomic E-state index is 0.0730. The molecule has 0 aliphatic rings. The summed E-state index contributed by atoms with van der Waals surface area (Å²) in [4.78, 5) is 17.2. The molecule has 0 fully saturated rings. The van der Waals surface area contributed by atoms with Gasteiger partial charge in [-0.2, -0.15) is 0 Å². The Hall–Kier alpha value is -1.78. The average Bonchev–Trinajstić information content (AvgIpc) is 2.30. The number of nitrogens with zero attached hydrogens (tertiary/aromatic N) is 2. The van der Waals surface area contributed by atoms with Crippen molar-refractivity contribution < 1.29 is 9.53 Å². The van der Waals surface area contributed by atoms with Crippen LogP contribution < -0.4 is 10.1 Å². The summed E-state index contributed by atoms with van der Waals surface area (Å²) >= 11 is 0. The molecule has 1 amide bonds. The van der Waals surface area contributed by atoms with Gasteiger partial charge in [0.05, 0.1) is 11.8 Å². The summed E-state index contributed by atoms with van der Waals surface area (Å²) in [5.41, 5.74) is 0.817. The molecule has 1 N–H and O–H groups in total. The van der Waals surface area contributed by atoms with E-state index in [1.807, 2.05) is 26.0 Å². The van der Waals surface area contributed by atoms with Gasteiger partial charge >= 0.3 is 0 Å². The molecule has 1 heterocycles. The van der Waals surface area contributed by atoms with Crippen LogP contribution >= 0.6 is 0 Å². The van der Waals surface area contributed by atoms with Crippen molar-refractivity contribution in [1.82, 2.24) is 9.88 Å². The second-order valence-corrected chi connectivity index (χ2v) is 4.49. The number of anilines is 1. The van der Waals surface area contributed by atoms with Gasteiger partial charge in [0.25, 0.3) is 0 Å². The van der Waals surface area contributed by atoms with Gasteiger partial charge < -0.3 is 15.0 Å². The van der Waals surface area contributed by atoms with E-state index >= 15 is 0 Å². The molecule has 0 saturated carbocycles. The minimum Gasteiger partial charge on any atom is -0.473 e. The molecule has 100 valence electrons. The van der Waals surface area contributed by atoms with Gasteiger partial charge in [0.15, 0.2) is 0 Å². The third kappa shape index (κ3) is 4.61. The summed E-state index contributed by atoms with van der Waals surface area (Å²) in [5.74, 6) is 0.669. The molecule has 1 aromatic heterocycles. The lowest BCUT2D eigenvalue weighted by atomic mass is 10.3. The first-order valence-corrected chi connectivity index (χ1v) is 6.06. The van der Waals surface area contributed by atoms with Crippen LogP contribution in [0.5, 0.6) is 5.88 Å². The summed E-state index contributed by atoms with van der Waals surface area (Å²) in [6, 6.07) is 3.73. The summed E-state index contributed by atoms with van der Waals surface area (Å²) in [6.07, 6.45) is 2.21. The van der Waals surface area contributed by atoms with Crippen molar-refractivity contribution in [3.05, 3.63) is 18.3 Å². The normalized spacial score (nSPS) is 10.3. The molecule has 0 saturated heterocycles. The van der Waals surface area contributed by atoms with Crippen LogP contribution in [0.2, 0.25) is 0 Å². The van der Waals surface area contributed by atoms with Crippen LogP contribution in [0.1, 0.15) is 20.3 Å². The SMILES string of the molecule is CC(C)Oc1ncccc1NCCC(=O)N(C)C. The standard InChI is InChI=1S/C13H21N3O2/c1-10(2)18-13-11(6-5-8-15-13)14-9-7-12(17)16(3)4/h5-6,8,10,14H,7,9H2,1-4H3. The Labute approximate surface area is 108 Å². The maximum Gasteiger partial charge on any atom is 0.237 e. The third-order valence-corrected chi connectivity index (χ3v) is 2.27. The van der Waals surface area contributed by atoms with E-state index in [4.69, 9.17) is 4.74 Å². The van der Waals surface area contributed by atoms with Crippen molar-refractivity contribution in [3.8, 4) is 5.88 Å². The van der Waals surface area contributed by atoms with E-state index in [1.54, 1.807) is 25.2 Å². The van der Waals surface area contributed by atoms with Crippen LogP contribution in [0, 0.1) is 0 Å². The largest absolute Gasteiger partial charge is 0.473 e. The Balaban J connectivity index is 2.54. The average molecular weight is 251 g/mol. The van der Waals surface area contributed by atoms with Gasteiger partial charge in [-0.25, -0.2) is 4.98 Å². The molecule has 0 aliphatic heterocycles. The van der Waals surface area contributed by atoms with Crippen molar-refractivity contribution in [2.75, 3.05) is 26.0 Å². The van der Waals surface area contributed by atoms with E-state index in [1.165, 1.54) is 0 Å². The molecular weight excluding hydrogens is 230 g/mol. The zero-order valence-electron chi connectivity index (χ0n) is 11.4. The van der Waals surface area contributed by atoms with Crippen molar-refractivity contribution in [3.63, 3.8) is 0 Å². The molecule has 1 rings (SSSR count). The number of carbonyl (C=O) groups is 1. The smallest absolute Gasteiger partial charge is 0.237 e. The predicted octanol–water partition coefficient (Wildman–Crippen LogP) is 1.76. The highest BCUT2D eigenvalue weighted by Crippen LogP contribution is 2.21. The van der Waals surface area contributed by atoms with Crippen molar-refractivity contribution >= 4 is 11.6 Å². The van der Waals surface area contributed by atoms with Gasteiger partial charge in [0, 0.05) is 33.3 Å². The highest BCUT2D eigenvalue weighted by Gasteiger charge is 2.07. The molecule has 0 bridgehead atoms. The zero-order chi connectivity index (χ0) is 13.5. The van der Waals surface area contributed by atoms with Crippen LogP contribution in [-0.4, -0.2) is 42.5 Å². The molecule has 5 nitrogen and oxygen atoms in total. The lowest BCUT2D eigenvalue weighted by Crippen LogP contribution is -2.24. The van der Waals surface area contributed by atoms with E-state index in [0.717, 1.165) is 5.69 Å². The van der Waals surface area contributed by atoms with E-state index in [-0.39, 0.29) is 12.0 Å². The first-order chi connectivity index (χ1) is 8.50. The number of aromatic nitrogens is 1. The third-order valence-electron chi connectivity index (χ3n) is 2.27. The molecule has 0 aliphatic carbocycles. The lowest BCUT2D eigenvalue weighted by Gasteiger charge is -2.15.